The van der Waals surface area contributed by atoms with Gasteiger partial charge in [0.05, 0.1) is 36.2 Å². The van der Waals surface area contributed by atoms with Gasteiger partial charge < -0.3 is 14.6 Å². The normalized spacial score (nSPS) is 20.6. The number of ether oxygens (including phenoxy) is 2. The van der Waals surface area contributed by atoms with E-state index in [1.807, 2.05) is 26.8 Å². The van der Waals surface area contributed by atoms with Gasteiger partial charge in [-0.15, -0.1) is 0 Å². The predicted octanol–water partition coefficient (Wildman–Crippen LogP) is 2.97. The van der Waals surface area contributed by atoms with Crippen molar-refractivity contribution >= 4 is 11.7 Å². The van der Waals surface area contributed by atoms with Gasteiger partial charge in [0, 0.05) is 19.0 Å². The zero-order chi connectivity index (χ0) is 19.2. The molecule has 1 unspecified atom stereocenters. The van der Waals surface area contributed by atoms with Crippen LogP contribution in [0.3, 0.4) is 0 Å². The maximum Gasteiger partial charge on any atom is 0.410 e. The maximum atomic E-state index is 12.7. The van der Waals surface area contributed by atoms with Crippen molar-refractivity contribution in [1.82, 2.24) is 19.5 Å². The smallest absolute Gasteiger partial charge is 0.410 e. The second kappa shape index (κ2) is 6.67. The van der Waals surface area contributed by atoms with E-state index in [4.69, 9.17) is 9.47 Å². The highest BCUT2D eigenvalue weighted by molar-refractivity contribution is 5.69. The Labute approximate surface area is 158 Å². The molecule has 1 amide bonds. The van der Waals surface area contributed by atoms with Crippen LogP contribution in [0.1, 0.15) is 63.0 Å². The number of aromatic nitrogens is 3. The fourth-order valence-electron chi connectivity index (χ4n) is 3.73. The number of amides is 1. The fourth-order valence-corrected chi connectivity index (χ4v) is 3.73. The number of likely N-dealkylation sites (tertiary alicyclic amines) is 1. The molecule has 0 bridgehead atoms. The summed E-state index contributed by atoms with van der Waals surface area (Å²) >= 11 is 0. The number of aromatic hydroxyl groups is 1. The molecule has 0 spiro atoms. The van der Waals surface area contributed by atoms with Crippen LogP contribution >= 0.6 is 0 Å². The topological polar surface area (TPSA) is 89.2 Å². The number of piperidine rings is 1. The van der Waals surface area contributed by atoms with E-state index in [0.717, 1.165) is 30.7 Å². The third-order valence-corrected chi connectivity index (χ3v) is 4.98. The third-order valence-electron chi connectivity index (χ3n) is 4.98. The van der Waals surface area contributed by atoms with E-state index in [1.54, 1.807) is 4.90 Å². The second-order valence-corrected chi connectivity index (χ2v) is 8.19. The van der Waals surface area contributed by atoms with Crippen molar-refractivity contribution in [2.24, 2.45) is 0 Å². The number of carbonyl (C=O) groups excluding carboxylic acids is 1. The lowest BCUT2D eigenvalue weighted by Gasteiger charge is -2.35. The molecule has 2 aliphatic heterocycles. The first kappa shape index (κ1) is 18.0. The summed E-state index contributed by atoms with van der Waals surface area (Å²) in [5, 5.41) is 15.2. The zero-order valence-corrected chi connectivity index (χ0v) is 16.1. The Morgan fingerprint density at radius 1 is 1.37 bits per heavy atom. The molecule has 146 valence electrons. The van der Waals surface area contributed by atoms with Crippen molar-refractivity contribution in [2.45, 2.75) is 64.7 Å². The highest BCUT2D eigenvalue weighted by atomic mass is 16.6. The van der Waals surface area contributed by atoms with Gasteiger partial charge in [0.2, 0.25) is 5.88 Å². The second-order valence-electron chi connectivity index (χ2n) is 8.19. The molecule has 4 rings (SSSR count). The molecule has 1 saturated heterocycles. The number of hydrogen-bond donors (Lipinski definition) is 1. The van der Waals surface area contributed by atoms with E-state index < -0.39 is 5.60 Å². The molecule has 0 saturated carbocycles. The molecule has 2 aromatic rings. The van der Waals surface area contributed by atoms with E-state index in [2.05, 4.69) is 10.1 Å². The summed E-state index contributed by atoms with van der Waals surface area (Å²) in [4.78, 5) is 19.1. The Morgan fingerprint density at radius 2 is 2.19 bits per heavy atom. The van der Waals surface area contributed by atoms with Crippen molar-refractivity contribution < 1.29 is 19.4 Å². The van der Waals surface area contributed by atoms with Crippen LogP contribution in [-0.4, -0.2) is 49.5 Å². The lowest BCUT2D eigenvalue weighted by molar-refractivity contribution is 0.00897. The van der Waals surface area contributed by atoms with Crippen molar-refractivity contribution in [3.63, 3.8) is 0 Å². The van der Waals surface area contributed by atoms with Crippen molar-refractivity contribution in [3.05, 3.63) is 23.0 Å². The fraction of sp³-hybridized carbons (Fsp3) is 0.632. The molecular weight excluding hydrogens is 348 g/mol. The van der Waals surface area contributed by atoms with Gasteiger partial charge in [0.25, 0.3) is 0 Å². The Morgan fingerprint density at radius 3 is 2.96 bits per heavy atom. The molecule has 8 nitrogen and oxygen atoms in total. The predicted molar refractivity (Wildman–Crippen MR) is 97.5 cm³/mol. The lowest BCUT2D eigenvalue weighted by atomic mass is 10.00. The zero-order valence-electron chi connectivity index (χ0n) is 16.1. The minimum atomic E-state index is -0.545. The van der Waals surface area contributed by atoms with Gasteiger partial charge in [-0.05, 0) is 40.0 Å². The van der Waals surface area contributed by atoms with Gasteiger partial charge in [-0.25, -0.2) is 9.78 Å². The van der Waals surface area contributed by atoms with Crippen LogP contribution in [0.25, 0.3) is 5.65 Å². The molecule has 1 fully saturated rings. The minimum absolute atomic E-state index is 0.0700. The Balaban J connectivity index is 1.69. The number of carbonyl (C=O) groups is 1. The Hall–Kier alpha value is -2.35. The van der Waals surface area contributed by atoms with E-state index in [1.165, 1.54) is 4.52 Å². The van der Waals surface area contributed by atoms with Gasteiger partial charge in [-0.1, -0.05) is 0 Å². The Bertz CT molecular complexity index is 871. The highest BCUT2D eigenvalue weighted by Gasteiger charge is 2.33. The maximum absolute atomic E-state index is 12.7. The summed E-state index contributed by atoms with van der Waals surface area (Å²) in [6.07, 6.45) is 3.12. The molecular formula is C19H26N4O4. The van der Waals surface area contributed by atoms with E-state index in [0.29, 0.717) is 37.4 Å². The average molecular weight is 374 g/mol. The lowest BCUT2D eigenvalue weighted by Crippen LogP contribution is -2.42. The minimum Gasteiger partial charge on any atom is -0.493 e. The largest absolute Gasteiger partial charge is 0.493 e. The van der Waals surface area contributed by atoms with Crippen molar-refractivity contribution in [3.8, 4) is 5.88 Å². The molecule has 1 atom stereocenters. The van der Waals surface area contributed by atoms with Crippen LogP contribution in [0.5, 0.6) is 5.88 Å². The van der Waals surface area contributed by atoms with Crippen molar-refractivity contribution in [1.29, 1.82) is 0 Å². The van der Waals surface area contributed by atoms with Crippen molar-refractivity contribution in [2.75, 3.05) is 13.2 Å². The van der Waals surface area contributed by atoms with Crippen LogP contribution in [0, 0.1) is 0 Å². The molecule has 8 heteroatoms. The van der Waals surface area contributed by atoms with Gasteiger partial charge in [0.1, 0.15) is 5.60 Å². The summed E-state index contributed by atoms with van der Waals surface area (Å²) in [5.41, 5.74) is 2.32. The van der Waals surface area contributed by atoms with Crippen LogP contribution in [0.15, 0.2) is 6.07 Å². The molecule has 1 N–H and O–H groups in total. The van der Waals surface area contributed by atoms with Crippen LogP contribution in [0.2, 0.25) is 0 Å². The first-order valence-electron chi connectivity index (χ1n) is 9.51. The standard InChI is InChI=1S/C19H26N4O4/c1-19(2,3)27-18(25)22-8-5-4-6-15(22)14-10-16-20-13-7-9-26-11-12(13)17(24)23(16)21-14/h10,15,24H,4-9,11H2,1-3H3. The first-order valence-corrected chi connectivity index (χ1v) is 9.51. The van der Waals surface area contributed by atoms with Crippen LogP contribution in [-0.2, 0) is 22.5 Å². The summed E-state index contributed by atoms with van der Waals surface area (Å²) in [6.45, 7) is 7.17. The third kappa shape index (κ3) is 3.45. The van der Waals surface area contributed by atoms with Crippen LogP contribution in [0.4, 0.5) is 4.79 Å². The average Bonchev–Trinajstić information content (AvgIpc) is 3.05. The quantitative estimate of drug-likeness (QED) is 0.825. The van der Waals surface area contributed by atoms with E-state index in [-0.39, 0.29) is 18.0 Å². The molecule has 0 aromatic carbocycles. The number of nitrogens with zero attached hydrogens (tertiary/aromatic N) is 4. The monoisotopic (exact) mass is 374 g/mol. The summed E-state index contributed by atoms with van der Waals surface area (Å²) in [5.74, 6) is 0.0700. The van der Waals surface area contributed by atoms with Gasteiger partial charge in [-0.3, -0.25) is 4.90 Å². The summed E-state index contributed by atoms with van der Waals surface area (Å²) < 4.78 is 12.5. The van der Waals surface area contributed by atoms with Gasteiger partial charge in [-0.2, -0.15) is 9.61 Å². The molecule has 2 aliphatic rings. The first-order chi connectivity index (χ1) is 12.8. The number of hydrogen-bond acceptors (Lipinski definition) is 6. The molecule has 0 aliphatic carbocycles. The molecule has 27 heavy (non-hydrogen) atoms. The van der Waals surface area contributed by atoms with E-state index in [9.17, 15) is 9.90 Å². The number of fused-ring (bicyclic) bond motifs is 2. The molecule has 0 radical (unpaired) electrons. The number of rotatable bonds is 1. The van der Waals surface area contributed by atoms with Crippen LogP contribution < -0.4 is 0 Å². The van der Waals surface area contributed by atoms with E-state index >= 15 is 0 Å². The molecule has 2 aromatic heterocycles. The SMILES string of the molecule is CC(C)(C)OC(=O)N1CCCCC1c1cc2nc3c(c(O)n2n1)COCC3. The summed E-state index contributed by atoms with van der Waals surface area (Å²) in [6, 6.07) is 1.69. The molecule has 4 heterocycles. The van der Waals surface area contributed by atoms with Gasteiger partial charge in [0.15, 0.2) is 5.65 Å². The van der Waals surface area contributed by atoms with Gasteiger partial charge >= 0.3 is 6.09 Å². The Kier molecular flexibility index (Phi) is 4.46. The highest BCUT2D eigenvalue weighted by Crippen LogP contribution is 2.33. The summed E-state index contributed by atoms with van der Waals surface area (Å²) in [7, 11) is 0.